The highest BCUT2D eigenvalue weighted by Crippen LogP contribution is 2.35. The van der Waals surface area contributed by atoms with Gasteiger partial charge in [-0.3, -0.25) is 9.59 Å². The molecule has 1 aliphatic rings. The molecule has 0 aliphatic heterocycles. The summed E-state index contributed by atoms with van der Waals surface area (Å²) < 4.78 is 27.2. The molecule has 0 heterocycles. The van der Waals surface area contributed by atoms with Gasteiger partial charge in [0.15, 0.2) is 17.4 Å². The predicted octanol–water partition coefficient (Wildman–Crippen LogP) is 4.44. The standard InChI is InChI=1S/C22H23F2NO3/c1-12(2)8-21(28)25-22(14-6-7-17(23)18(24)9-14)16-11-15-13(10-20(16)27)4-3-5-19(15)26/h6-7,9-12,22,27H,3-5,8H2,1-2H3,(H,25,28). The molecule has 1 atom stereocenters. The SMILES string of the molecule is CC(C)CC(=O)NC(c1ccc(F)c(F)c1)c1cc2c(cc1O)CCCC2=O. The lowest BCUT2D eigenvalue weighted by molar-refractivity contribution is -0.122. The highest BCUT2D eigenvalue weighted by atomic mass is 19.2. The fourth-order valence-corrected chi connectivity index (χ4v) is 3.54. The summed E-state index contributed by atoms with van der Waals surface area (Å²) in [6, 6.07) is 5.53. The average Bonchev–Trinajstić information content (AvgIpc) is 2.61. The van der Waals surface area contributed by atoms with Gasteiger partial charge in [-0.15, -0.1) is 0 Å². The maximum Gasteiger partial charge on any atom is 0.221 e. The number of hydrogen-bond acceptors (Lipinski definition) is 3. The quantitative estimate of drug-likeness (QED) is 0.797. The first-order chi connectivity index (χ1) is 13.3. The summed E-state index contributed by atoms with van der Waals surface area (Å²) in [5.41, 5.74) is 1.84. The number of amides is 1. The number of Topliss-reactive ketones (excluding diaryl/α,β-unsaturated/α-hetero) is 1. The Bertz CT molecular complexity index is 924. The summed E-state index contributed by atoms with van der Waals surface area (Å²) in [7, 11) is 0. The molecular weight excluding hydrogens is 364 g/mol. The van der Waals surface area contributed by atoms with Crippen LogP contribution in [0.15, 0.2) is 30.3 Å². The number of aromatic hydroxyl groups is 1. The number of carbonyl (C=O) groups excluding carboxylic acids is 2. The number of ketones is 1. The highest BCUT2D eigenvalue weighted by Gasteiger charge is 2.26. The van der Waals surface area contributed by atoms with Crippen LogP contribution in [0.4, 0.5) is 8.78 Å². The largest absolute Gasteiger partial charge is 0.508 e. The minimum Gasteiger partial charge on any atom is -0.508 e. The number of carbonyl (C=O) groups is 2. The third-order valence-corrected chi connectivity index (χ3v) is 4.89. The number of fused-ring (bicyclic) bond motifs is 1. The third-order valence-electron chi connectivity index (χ3n) is 4.89. The zero-order valence-electron chi connectivity index (χ0n) is 15.9. The molecule has 0 fully saturated rings. The summed E-state index contributed by atoms with van der Waals surface area (Å²) >= 11 is 0. The van der Waals surface area contributed by atoms with Gasteiger partial charge in [0.1, 0.15) is 5.75 Å². The Kier molecular flexibility index (Phi) is 5.77. The minimum atomic E-state index is -1.05. The van der Waals surface area contributed by atoms with E-state index in [-0.39, 0.29) is 40.9 Å². The van der Waals surface area contributed by atoms with Gasteiger partial charge in [-0.1, -0.05) is 19.9 Å². The fourth-order valence-electron chi connectivity index (χ4n) is 3.54. The second-order valence-electron chi connectivity index (χ2n) is 7.62. The molecule has 2 aromatic carbocycles. The molecule has 6 heteroatoms. The normalized spacial score (nSPS) is 14.7. The van der Waals surface area contributed by atoms with Crippen molar-refractivity contribution in [3.05, 3.63) is 64.2 Å². The van der Waals surface area contributed by atoms with Gasteiger partial charge in [-0.05, 0) is 54.2 Å². The molecule has 0 aromatic heterocycles. The molecular formula is C22H23F2NO3. The summed E-state index contributed by atoms with van der Waals surface area (Å²) in [6.07, 6.45) is 2.07. The highest BCUT2D eigenvalue weighted by molar-refractivity contribution is 5.99. The number of hydrogen-bond donors (Lipinski definition) is 2. The topological polar surface area (TPSA) is 66.4 Å². The van der Waals surface area contributed by atoms with Crippen molar-refractivity contribution >= 4 is 11.7 Å². The number of rotatable bonds is 5. The van der Waals surface area contributed by atoms with E-state index in [9.17, 15) is 23.5 Å². The van der Waals surface area contributed by atoms with Crippen LogP contribution in [0.2, 0.25) is 0 Å². The van der Waals surface area contributed by atoms with E-state index < -0.39 is 17.7 Å². The molecule has 0 saturated carbocycles. The van der Waals surface area contributed by atoms with Gasteiger partial charge in [0.05, 0.1) is 6.04 Å². The van der Waals surface area contributed by atoms with Gasteiger partial charge in [0.25, 0.3) is 0 Å². The molecule has 1 amide bonds. The summed E-state index contributed by atoms with van der Waals surface area (Å²) in [5.74, 6) is -2.35. The molecule has 0 bridgehead atoms. The monoisotopic (exact) mass is 387 g/mol. The Labute approximate surface area is 162 Å². The lowest BCUT2D eigenvalue weighted by Gasteiger charge is -2.24. The zero-order chi connectivity index (χ0) is 20.4. The molecule has 0 radical (unpaired) electrons. The molecule has 3 rings (SSSR count). The Balaban J connectivity index is 2.08. The van der Waals surface area contributed by atoms with Gasteiger partial charge in [-0.25, -0.2) is 8.78 Å². The van der Waals surface area contributed by atoms with Gasteiger partial charge in [0, 0.05) is 24.0 Å². The Morgan fingerprint density at radius 3 is 2.57 bits per heavy atom. The summed E-state index contributed by atoms with van der Waals surface area (Å²) in [6.45, 7) is 3.78. The molecule has 1 unspecified atom stereocenters. The van der Waals surface area contributed by atoms with Crippen LogP contribution < -0.4 is 5.32 Å². The van der Waals surface area contributed by atoms with Crippen molar-refractivity contribution in [3.63, 3.8) is 0 Å². The number of aryl methyl sites for hydroxylation is 1. The van der Waals surface area contributed by atoms with Crippen LogP contribution in [0.3, 0.4) is 0 Å². The fraction of sp³-hybridized carbons (Fsp3) is 0.364. The molecule has 2 N–H and O–H groups in total. The number of halogens is 2. The van der Waals surface area contributed by atoms with Crippen LogP contribution in [-0.4, -0.2) is 16.8 Å². The van der Waals surface area contributed by atoms with Crippen molar-refractivity contribution in [1.82, 2.24) is 5.32 Å². The second kappa shape index (κ2) is 8.09. The van der Waals surface area contributed by atoms with Crippen LogP contribution in [0.5, 0.6) is 5.75 Å². The first-order valence-corrected chi connectivity index (χ1v) is 9.39. The summed E-state index contributed by atoms with van der Waals surface area (Å²) in [5, 5.41) is 13.4. The van der Waals surface area contributed by atoms with E-state index >= 15 is 0 Å². The maximum atomic E-state index is 13.8. The Hall–Kier alpha value is -2.76. The number of phenols is 1. The van der Waals surface area contributed by atoms with E-state index in [1.165, 1.54) is 12.1 Å². The van der Waals surface area contributed by atoms with Crippen molar-refractivity contribution in [2.45, 2.75) is 45.6 Å². The Morgan fingerprint density at radius 2 is 1.89 bits per heavy atom. The van der Waals surface area contributed by atoms with Crippen molar-refractivity contribution in [2.24, 2.45) is 5.92 Å². The molecule has 0 spiro atoms. The van der Waals surface area contributed by atoms with E-state index in [2.05, 4.69) is 5.32 Å². The van der Waals surface area contributed by atoms with Crippen molar-refractivity contribution < 1.29 is 23.5 Å². The van der Waals surface area contributed by atoms with Gasteiger partial charge >= 0.3 is 0 Å². The van der Waals surface area contributed by atoms with Crippen LogP contribution >= 0.6 is 0 Å². The van der Waals surface area contributed by atoms with E-state index in [0.717, 1.165) is 24.1 Å². The van der Waals surface area contributed by atoms with Gasteiger partial charge < -0.3 is 10.4 Å². The van der Waals surface area contributed by atoms with Crippen molar-refractivity contribution in [1.29, 1.82) is 0 Å². The summed E-state index contributed by atoms with van der Waals surface area (Å²) in [4.78, 5) is 24.7. The van der Waals surface area contributed by atoms with Crippen molar-refractivity contribution in [2.75, 3.05) is 0 Å². The second-order valence-corrected chi connectivity index (χ2v) is 7.62. The average molecular weight is 387 g/mol. The molecule has 2 aromatic rings. The number of nitrogens with one attached hydrogen (secondary N) is 1. The number of benzene rings is 2. The van der Waals surface area contributed by atoms with Gasteiger partial charge in [0.2, 0.25) is 5.91 Å². The van der Waals surface area contributed by atoms with Crippen LogP contribution in [-0.2, 0) is 11.2 Å². The lowest BCUT2D eigenvalue weighted by Crippen LogP contribution is -2.30. The number of phenolic OH excluding ortho intramolecular Hbond substituents is 1. The third kappa shape index (κ3) is 4.21. The van der Waals surface area contributed by atoms with E-state index in [0.29, 0.717) is 18.4 Å². The van der Waals surface area contributed by atoms with E-state index in [1.54, 1.807) is 6.07 Å². The first-order valence-electron chi connectivity index (χ1n) is 9.39. The molecule has 0 saturated heterocycles. The maximum absolute atomic E-state index is 13.8. The Morgan fingerprint density at radius 1 is 1.14 bits per heavy atom. The van der Waals surface area contributed by atoms with Crippen LogP contribution in [0.1, 0.15) is 66.2 Å². The molecule has 28 heavy (non-hydrogen) atoms. The smallest absolute Gasteiger partial charge is 0.221 e. The van der Waals surface area contributed by atoms with E-state index in [4.69, 9.17) is 0 Å². The molecule has 1 aliphatic carbocycles. The lowest BCUT2D eigenvalue weighted by atomic mass is 9.86. The van der Waals surface area contributed by atoms with Crippen LogP contribution in [0.25, 0.3) is 0 Å². The first kappa shape index (κ1) is 20.0. The molecule has 148 valence electrons. The minimum absolute atomic E-state index is 0.0277. The van der Waals surface area contributed by atoms with E-state index in [1.807, 2.05) is 13.8 Å². The van der Waals surface area contributed by atoms with Crippen molar-refractivity contribution in [3.8, 4) is 5.75 Å². The van der Waals surface area contributed by atoms with Gasteiger partial charge in [-0.2, -0.15) is 0 Å². The zero-order valence-corrected chi connectivity index (χ0v) is 15.9. The molecule has 4 nitrogen and oxygen atoms in total. The predicted molar refractivity (Wildman–Crippen MR) is 101 cm³/mol. The van der Waals surface area contributed by atoms with Crippen LogP contribution in [0, 0.1) is 17.6 Å².